The minimum atomic E-state index is -0.389. The monoisotopic (exact) mass is 439 g/mol. The van der Waals surface area contributed by atoms with Gasteiger partial charge in [0.2, 0.25) is 5.91 Å². The molecule has 0 bridgehead atoms. The Morgan fingerprint density at radius 1 is 0.484 bits per heavy atom. The first kappa shape index (κ1) is 30.4. The first-order valence-electron chi connectivity index (χ1n) is 14.2. The van der Waals surface area contributed by atoms with Crippen LogP contribution in [0.25, 0.3) is 0 Å². The van der Waals surface area contributed by atoms with Gasteiger partial charge in [0.1, 0.15) is 6.61 Å². The van der Waals surface area contributed by atoms with Crippen LogP contribution < -0.4 is 5.32 Å². The third-order valence-electron chi connectivity index (χ3n) is 6.50. The highest BCUT2D eigenvalue weighted by Gasteiger charge is 1.97. The third kappa shape index (κ3) is 27.4. The molecule has 0 aliphatic rings. The molecular weight excluding hydrogens is 382 g/mol. The molecule has 0 rings (SSSR count). The molecule has 0 aromatic rings. The number of aliphatic hydroxyl groups is 1. The fourth-order valence-electron chi connectivity index (χ4n) is 4.37. The highest BCUT2D eigenvalue weighted by atomic mass is 16.3. The summed E-state index contributed by atoms with van der Waals surface area (Å²) >= 11 is 0. The van der Waals surface area contributed by atoms with E-state index in [0.29, 0.717) is 6.54 Å². The van der Waals surface area contributed by atoms with Gasteiger partial charge in [0.05, 0.1) is 0 Å². The summed E-state index contributed by atoms with van der Waals surface area (Å²) in [4.78, 5) is 10.9. The molecule has 0 aliphatic carbocycles. The SMILES string of the molecule is CCCCCCCCCCCCCCCCCCCCCCCCCCNC(=O)CO. The van der Waals surface area contributed by atoms with E-state index in [2.05, 4.69) is 12.2 Å². The average molecular weight is 440 g/mol. The van der Waals surface area contributed by atoms with E-state index >= 15 is 0 Å². The van der Waals surface area contributed by atoms with Crippen molar-refractivity contribution in [3.05, 3.63) is 0 Å². The van der Waals surface area contributed by atoms with Crippen LogP contribution in [-0.4, -0.2) is 24.2 Å². The molecule has 0 saturated carbocycles. The van der Waals surface area contributed by atoms with E-state index in [4.69, 9.17) is 5.11 Å². The molecule has 3 heteroatoms. The predicted octanol–water partition coefficient (Wildman–Crippen LogP) is 8.48. The lowest BCUT2D eigenvalue weighted by Crippen LogP contribution is -2.26. The van der Waals surface area contributed by atoms with Gasteiger partial charge in [-0.25, -0.2) is 0 Å². The molecule has 0 aliphatic heterocycles. The lowest BCUT2D eigenvalue weighted by atomic mass is 10.0. The van der Waals surface area contributed by atoms with Gasteiger partial charge in [0.15, 0.2) is 0 Å². The topological polar surface area (TPSA) is 49.3 Å². The number of carbonyl (C=O) groups excluding carboxylic acids is 1. The molecule has 0 fully saturated rings. The summed E-state index contributed by atoms with van der Waals surface area (Å²) in [5, 5.41) is 11.3. The van der Waals surface area contributed by atoms with Crippen molar-refractivity contribution >= 4 is 5.91 Å². The smallest absolute Gasteiger partial charge is 0.245 e. The van der Waals surface area contributed by atoms with E-state index < -0.39 is 0 Å². The number of unbranched alkanes of at least 4 members (excludes halogenated alkanes) is 23. The lowest BCUT2D eigenvalue weighted by molar-refractivity contribution is -0.123. The Bertz CT molecular complexity index is 346. The zero-order valence-electron chi connectivity index (χ0n) is 21.2. The standard InChI is InChI=1S/C28H57NO2/c1-2-3-4-5-6-7-8-9-10-11-12-13-14-15-16-17-18-19-20-21-22-23-24-25-26-29-28(31)27-30/h30H,2-27H2,1H3,(H,29,31). The van der Waals surface area contributed by atoms with Crippen LogP contribution in [-0.2, 0) is 4.79 Å². The molecule has 0 saturated heterocycles. The number of aliphatic hydroxyl groups excluding tert-OH is 1. The van der Waals surface area contributed by atoms with Crippen molar-refractivity contribution in [2.24, 2.45) is 0 Å². The molecule has 0 aromatic heterocycles. The van der Waals surface area contributed by atoms with Gasteiger partial charge in [0, 0.05) is 6.54 Å². The van der Waals surface area contributed by atoms with Gasteiger partial charge in [-0.2, -0.15) is 0 Å². The third-order valence-corrected chi connectivity index (χ3v) is 6.50. The van der Waals surface area contributed by atoms with Crippen LogP contribution in [0.2, 0.25) is 0 Å². The predicted molar refractivity (Wildman–Crippen MR) is 137 cm³/mol. The molecule has 0 unspecified atom stereocenters. The molecule has 0 aromatic carbocycles. The van der Waals surface area contributed by atoms with Crippen molar-refractivity contribution in [3.63, 3.8) is 0 Å². The van der Waals surface area contributed by atoms with Crippen LogP contribution in [0.4, 0.5) is 0 Å². The number of hydrogen-bond acceptors (Lipinski definition) is 2. The Kier molecular flexibility index (Phi) is 27.0. The molecule has 2 N–H and O–H groups in total. The summed E-state index contributed by atoms with van der Waals surface area (Å²) in [5.74, 6) is -0.255. The maximum atomic E-state index is 10.9. The largest absolute Gasteiger partial charge is 0.387 e. The van der Waals surface area contributed by atoms with Crippen molar-refractivity contribution in [1.29, 1.82) is 0 Å². The maximum Gasteiger partial charge on any atom is 0.245 e. The van der Waals surface area contributed by atoms with Crippen LogP contribution >= 0.6 is 0 Å². The second-order valence-electron chi connectivity index (χ2n) is 9.64. The second kappa shape index (κ2) is 27.5. The minimum Gasteiger partial charge on any atom is -0.387 e. The second-order valence-corrected chi connectivity index (χ2v) is 9.64. The molecule has 3 nitrogen and oxygen atoms in total. The fraction of sp³-hybridized carbons (Fsp3) is 0.964. The van der Waals surface area contributed by atoms with Gasteiger partial charge in [-0.15, -0.1) is 0 Å². The Morgan fingerprint density at radius 2 is 0.742 bits per heavy atom. The normalized spacial score (nSPS) is 11.2. The first-order chi connectivity index (χ1) is 15.3. The van der Waals surface area contributed by atoms with Crippen molar-refractivity contribution in [1.82, 2.24) is 5.32 Å². The number of carbonyl (C=O) groups is 1. The number of hydrogen-bond donors (Lipinski definition) is 2. The van der Waals surface area contributed by atoms with E-state index in [1.807, 2.05) is 0 Å². The first-order valence-corrected chi connectivity index (χ1v) is 14.2. The van der Waals surface area contributed by atoms with Crippen molar-refractivity contribution in [3.8, 4) is 0 Å². The summed E-state index contributed by atoms with van der Waals surface area (Å²) in [7, 11) is 0. The van der Waals surface area contributed by atoms with Crippen LogP contribution in [0.3, 0.4) is 0 Å². The zero-order valence-corrected chi connectivity index (χ0v) is 21.2. The Morgan fingerprint density at radius 3 is 1.00 bits per heavy atom. The number of rotatable bonds is 26. The summed E-state index contributed by atoms with van der Waals surface area (Å²) in [5.41, 5.74) is 0. The molecule has 0 atom stereocenters. The molecule has 1 amide bonds. The summed E-state index contributed by atoms with van der Waals surface area (Å²) in [6, 6.07) is 0. The van der Waals surface area contributed by atoms with Crippen molar-refractivity contribution < 1.29 is 9.90 Å². The van der Waals surface area contributed by atoms with Crippen LogP contribution in [0.15, 0.2) is 0 Å². The van der Waals surface area contributed by atoms with E-state index in [-0.39, 0.29) is 12.5 Å². The van der Waals surface area contributed by atoms with Gasteiger partial charge < -0.3 is 10.4 Å². The van der Waals surface area contributed by atoms with E-state index in [0.717, 1.165) is 6.42 Å². The van der Waals surface area contributed by atoms with Gasteiger partial charge >= 0.3 is 0 Å². The van der Waals surface area contributed by atoms with E-state index in [9.17, 15) is 4.79 Å². The molecule has 186 valence electrons. The van der Waals surface area contributed by atoms with Crippen LogP contribution in [0.5, 0.6) is 0 Å². The van der Waals surface area contributed by atoms with Gasteiger partial charge in [-0.3, -0.25) is 4.79 Å². The Hall–Kier alpha value is -0.570. The summed E-state index contributed by atoms with van der Waals surface area (Å²) in [6.45, 7) is 2.61. The fourth-order valence-corrected chi connectivity index (χ4v) is 4.37. The van der Waals surface area contributed by atoms with Gasteiger partial charge in [0.25, 0.3) is 0 Å². The molecule has 0 spiro atoms. The molecule has 31 heavy (non-hydrogen) atoms. The molecule has 0 radical (unpaired) electrons. The minimum absolute atomic E-state index is 0.255. The van der Waals surface area contributed by atoms with Crippen molar-refractivity contribution in [2.45, 2.75) is 161 Å². The summed E-state index contributed by atoms with van der Waals surface area (Å²) in [6.07, 6.45) is 33.6. The molecular formula is C28H57NO2. The van der Waals surface area contributed by atoms with Gasteiger partial charge in [-0.05, 0) is 6.42 Å². The van der Waals surface area contributed by atoms with E-state index in [1.54, 1.807) is 0 Å². The summed E-state index contributed by atoms with van der Waals surface area (Å²) < 4.78 is 0. The highest BCUT2D eigenvalue weighted by molar-refractivity contribution is 5.76. The zero-order chi connectivity index (χ0) is 22.7. The van der Waals surface area contributed by atoms with Crippen LogP contribution in [0.1, 0.15) is 161 Å². The van der Waals surface area contributed by atoms with Crippen LogP contribution in [0, 0.1) is 0 Å². The maximum absolute atomic E-state index is 10.9. The van der Waals surface area contributed by atoms with Gasteiger partial charge in [-0.1, -0.05) is 155 Å². The highest BCUT2D eigenvalue weighted by Crippen LogP contribution is 2.15. The lowest BCUT2D eigenvalue weighted by Gasteiger charge is -2.05. The quantitative estimate of drug-likeness (QED) is 0.133. The number of amides is 1. The Labute approximate surface area is 195 Å². The van der Waals surface area contributed by atoms with E-state index in [1.165, 1.54) is 148 Å². The Balaban J connectivity index is 3.01. The number of nitrogens with one attached hydrogen (secondary N) is 1. The van der Waals surface area contributed by atoms with Crippen molar-refractivity contribution in [2.75, 3.05) is 13.2 Å². The molecule has 0 heterocycles. The average Bonchev–Trinajstić information content (AvgIpc) is 2.78.